The van der Waals surface area contributed by atoms with E-state index in [-0.39, 0.29) is 16.8 Å². The molecule has 2 aromatic carbocycles. The predicted molar refractivity (Wildman–Crippen MR) is 120 cm³/mol. The highest BCUT2D eigenvalue weighted by atomic mass is 32.2. The van der Waals surface area contributed by atoms with E-state index >= 15 is 0 Å². The minimum atomic E-state index is -0.225. The van der Waals surface area contributed by atoms with Crippen molar-refractivity contribution in [2.75, 3.05) is 37.8 Å². The third-order valence-corrected chi connectivity index (χ3v) is 7.41. The molecule has 0 unspecified atom stereocenters. The first kappa shape index (κ1) is 20.6. The van der Waals surface area contributed by atoms with Crippen LogP contribution < -0.4 is 10.1 Å². The van der Waals surface area contributed by atoms with Crippen molar-refractivity contribution in [1.82, 2.24) is 9.80 Å². The number of nitrogens with one attached hydrogen (secondary N) is 1. The first-order valence-corrected chi connectivity index (χ1v) is 11.2. The van der Waals surface area contributed by atoms with Gasteiger partial charge in [-0.05, 0) is 61.7 Å². The van der Waals surface area contributed by atoms with Crippen molar-refractivity contribution in [3.05, 3.63) is 59.7 Å². The van der Waals surface area contributed by atoms with Crippen LogP contribution in [0.25, 0.3) is 0 Å². The average Bonchev–Trinajstić information content (AvgIpc) is 3.16. The fourth-order valence-corrected chi connectivity index (χ4v) is 5.64. The molecule has 0 aliphatic carbocycles. The van der Waals surface area contributed by atoms with Gasteiger partial charge in [-0.15, -0.1) is 11.8 Å². The van der Waals surface area contributed by atoms with Gasteiger partial charge in [0.05, 0.1) is 12.0 Å². The van der Waals surface area contributed by atoms with E-state index in [9.17, 15) is 9.59 Å². The molecule has 4 rings (SSSR count). The topological polar surface area (TPSA) is 61.9 Å². The molecule has 2 aliphatic heterocycles. The number of ether oxygens (including phenoxy) is 1. The van der Waals surface area contributed by atoms with Crippen LogP contribution >= 0.6 is 11.8 Å². The van der Waals surface area contributed by atoms with Crippen LogP contribution in [0, 0.1) is 6.92 Å². The number of anilines is 1. The Bertz CT molecular complexity index is 924. The Morgan fingerprint density at radius 2 is 1.80 bits per heavy atom. The number of thioether (sulfide) groups is 1. The number of rotatable bonds is 3. The molecule has 3 amide bonds. The highest BCUT2D eigenvalue weighted by Gasteiger charge is 2.47. The second-order valence-corrected chi connectivity index (χ2v) is 9.22. The molecule has 30 heavy (non-hydrogen) atoms. The number of carbonyl (C=O) groups excluding carboxylic acids is 2. The average molecular weight is 426 g/mol. The number of carbonyl (C=O) groups is 2. The number of piperidine rings is 1. The van der Waals surface area contributed by atoms with Gasteiger partial charge in [0.1, 0.15) is 5.75 Å². The van der Waals surface area contributed by atoms with E-state index in [0.717, 1.165) is 42.1 Å². The largest absolute Gasteiger partial charge is 0.497 e. The Morgan fingerprint density at radius 3 is 2.47 bits per heavy atom. The lowest BCUT2D eigenvalue weighted by Crippen LogP contribution is -2.54. The van der Waals surface area contributed by atoms with Crippen molar-refractivity contribution in [1.29, 1.82) is 0 Å². The fourth-order valence-electron chi connectivity index (χ4n) is 4.18. The Kier molecular flexibility index (Phi) is 5.90. The lowest BCUT2D eigenvalue weighted by Gasteiger charge is -2.44. The molecule has 2 saturated heterocycles. The van der Waals surface area contributed by atoms with Crippen LogP contribution in [0.1, 0.15) is 28.8 Å². The standard InChI is InChI=1S/C23H27N3O3S/c1-17-4-3-5-19(16-17)24-22(28)25-12-10-23(11-13-25)26(14-15-30-23)21(27)18-6-8-20(29-2)9-7-18/h3-9,16H,10-15H2,1-2H3,(H,24,28). The summed E-state index contributed by atoms with van der Waals surface area (Å²) in [5, 5.41) is 2.99. The smallest absolute Gasteiger partial charge is 0.321 e. The molecule has 0 radical (unpaired) electrons. The summed E-state index contributed by atoms with van der Waals surface area (Å²) in [6, 6.07) is 15.0. The molecule has 158 valence electrons. The number of hydrogen-bond donors (Lipinski definition) is 1. The van der Waals surface area contributed by atoms with E-state index in [0.29, 0.717) is 18.7 Å². The van der Waals surface area contributed by atoms with Crippen molar-refractivity contribution < 1.29 is 14.3 Å². The van der Waals surface area contributed by atoms with Crippen molar-refractivity contribution in [2.24, 2.45) is 0 Å². The van der Waals surface area contributed by atoms with Gasteiger partial charge in [0.2, 0.25) is 0 Å². The molecule has 2 heterocycles. The van der Waals surface area contributed by atoms with Crippen LogP contribution in [0.3, 0.4) is 0 Å². The molecular formula is C23H27N3O3S. The molecule has 0 saturated carbocycles. The van der Waals surface area contributed by atoms with Crippen LogP contribution in [-0.2, 0) is 0 Å². The Hall–Kier alpha value is -2.67. The summed E-state index contributed by atoms with van der Waals surface area (Å²) >= 11 is 1.85. The van der Waals surface area contributed by atoms with Gasteiger partial charge in [0.15, 0.2) is 0 Å². The molecule has 1 N–H and O–H groups in total. The molecule has 2 aromatic rings. The van der Waals surface area contributed by atoms with E-state index in [1.807, 2.05) is 77.0 Å². The van der Waals surface area contributed by atoms with Gasteiger partial charge in [-0.2, -0.15) is 0 Å². The highest BCUT2D eigenvalue weighted by Crippen LogP contribution is 2.44. The Balaban J connectivity index is 1.40. The third-order valence-electron chi connectivity index (χ3n) is 5.86. The van der Waals surface area contributed by atoms with E-state index < -0.39 is 0 Å². The van der Waals surface area contributed by atoms with Gasteiger partial charge in [-0.1, -0.05) is 12.1 Å². The number of methoxy groups -OCH3 is 1. The number of likely N-dealkylation sites (tertiary alicyclic amines) is 1. The quantitative estimate of drug-likeness (QED) is 0.800. The summed E-state index contributed by atoms with van der Waals surface area (Å²) in [6.07, 6.45) is 1.56. The maximum Gasteiger partial charge on any atom is 0.321 e. The van der Waals surface area contributed by atoms with Crippen LogP contribution in [0.5, 0.6) is 5.75 Å². The summed E-state index contributed by atoms with van der Waals surface area (Å²) in [5.74, 6) is 1.72. The minimum Gasteiger partial charge on any atom is -0.497 e. The number of aryl methyl sites for hydroxylation is 1. The maximum absolute atomic E-state index is 13.2. The lowest BCUT2D eigenvalue weighted by molar-refractivity contribution is 0.0585. The molecule has 1 spiro atoms. The fraction of sp³-hybridized carbons (Fsp3) is 0.391. The Labute approximate surface area is 181 Å². The van der Waals surface area contributed by atoms with Crippen LogP contribution in [0.4, 0.5) is 10.5 Å². The van der Waals surface area contributed by atoms with E-state index in [1.54, 1.807) is 7.11 Å². The van der Waals surface area contributed by atoms with Gasteiger partial charge in [0.25, 0.3) is 5.91 Å². The van der Waals surface area contributed by atoms with Gasteiger partial charge < -0.3 is 19.9 Å². The Morgan fingerprint density at radius 1 is 1.07 bits per heavy atom. The highest BCUT2D eigenvalue weighted by molar-refractivity contribution is 8.00. The number of urea groups is 1. The van der Waals surface area contributed by atoms with Crippen molar-refractivity contribution in [2.45, 2.75) is 24.6 Å². The molecule has 2 fully saturated rings. The minimum absolute atomic E-state index is 0.0558. The zero-order valence-corrected chi connectivity index (χ0v) is 18.2. The second-order valence-electron chi connectivity index (χ2n) is 7.77. The first-order valence-electron chi connectivity index (χ1n) is 10.2. The maximum atomic E-state index is 13.2. The van der Waals surface area contributed by atoms with Gasteiger partial charge in [-0.25, -0.2) is 4.79 Å². The van der Waals surface area contributed by atoms with Crippen molar-refractivity contribution in [3.8, 4) is 5.75 Å². The summed E-state index contributed by atoms with van der Waals surface area (Å²) in [7, 11) is 1.62. The van der Waals surface area contributed by atoms with Crippen LogP contribution in [0.2, 0.25) is 0 Å². The molecule has 0 aromatic heterocycles. The first-order chi connectivity index (χ1) is 14.5. The van der Waals surface area contributed by atoms with Crippen molar-refractivity contribution >= 4 is 29.4 Å². The van der Waals surface area contributed by atoms with Gasteiger partial charge in [-0.3, -0.25) is 4.79 Å². The summed E-state index contributed by atoms with van der Waals surface area (Å²) in [6.45, 7) is 4.02. The van der Waals surface area contributed by atoms with Gasteiger partial charge >= 0.3 is 6.03 Å². The molecule has 0 bridgehead atoms. The zero-order chi connectivity index (χ0) is 21.1. The molecule has 0 atom stereocenters. The summed E-state index contributed by atoms with van der Waals surface area (Å²) < 4.78 is 5.20. The van der Waals surface area contributed by atoms with Crippen LogP contribution in [-0.4, -0.2) is 59.1 Å². The lowest BCUT2D eigenvalue weighted by atomic mass is 10.0. The molecule has 6 nitrogen and oxygen atoms in total. The monoisotopic (exact) mass is 425 g/mol. The SMILES string of the molecule is COc1ccc(C(=O)N2CCSC23CCN(C(=O)Nc2cccc(C)c2)CC3)cc1. The predicted octanol–water partition coefficient (Wildman–Crippen LogP) is 4.22. The van der Waals surface area contributed by atoms with Crippen LogP contribution in [0.15, 0.2) is 48.5 Å². The zero-order valence-electron chi connectivity index (χ0n) is 17.4. The number of hydrogen-bond acceptors (Lipinski definition) is 4. The molecular weight excluding hydrogens is 398 g/mol. The third kappa shape index (κ3) is 4.12. The molecule has 7 heteroatoms. The van der Waals surface area contributed by atoms with E-state index in [1.165, 1.54) is 0 Å². The van der Waals surface area contributed by atoms with Crippen molar-refractivity contribution in [3.63, 3.8) is 0 Å². The van der Waals surface area contributed by atoms with Gasteiger partial charge in [0, 0.05) is 36.6 Å². The summed E-state index contributed by atoms with van der Waals surface area (Å²) in [4.78, 5) is 29.5. The summed E-state index contributed by atoms with van der Waals surface area (Å²) in [5.41, 5.74) is 2.60. The number of amides is 3. The number of benzene rings is 2. The molecule has 2 aliphatic rings. The number of nitrogens with zero attached hydrogens (tertiary/aromatic N) is 2. The normalized spacial score (nSPS) is 17.8. The van der Waals surface area contributed by atoms with E-state index in [2.05, 4.69) is 5.32 Å². The second kappa shape index (κ2) is 8.60. The van der Waals surface area contributed by atoms with E-state index in [4.69, 9.17) is 4.74 Å².